The second-order valence-corrected chi connectivity index (χ2v) is 4.93. The molecule has 19 heavy (non-hydrogen) atoms. The lowest BCUT2D eigenvalue weighted by Crippen LogP contribution is -2.09. The third-order valence-electron chi connectivity index (χ3n) is 2.66. The first-order valence-corrected chi connectivity index (χ1v) is 6.47. The second-order valence-electron chi connectivity index (χ2n) is 4.07. The van der Waals surface area contributed by atoms with Crippen molar-refractivity contribution in [2.45, 2.75) is 13.0 Å². The van der Waals surface area contributed by atoms with E-state index in [-0.39, 0.29) is 11.9 Å². The Labute approximate surface area is 119 Å². The van der Waals surface area contributed by atoms with Crippen molar-refractivity contribution < 1.29 is 4.39 Å². The molecular weight excluding hydrogens is 309 g/mol. The van der Waals surface area contributed by atoms with Crippen LogP contribution in [0.1, 0.15) is 24.2 Å². The number of hydrogen-bond donors (Lipinski definition) is 1. The molecule has 1 heterocycles. The highest BCUT2D eigenvalue weighted by atomic mass is 79.9. The van der Waals surface area contributed by atoms with E-state index in [1.165, 1.54) is 12.3 Å². The largest absolute Gasteiger partial charge is 0.376 e. The SMILES string of the molecule is CC(Nc1ccc(C#N)cc1Br)c1ccc(F)cn1. The number of benzene rings is 1. The van der Waals surface area contributed by atoms with Gasteiger partial charge in [0.25, 0.3) is 0 Å². The molecule has 0 saturated carbocycles. The molecule has 0 radical (unpaired) electrons. The van der Waals surface area contributed by atoms with Crippen molar-refractivity contribution in [3.63, 3.8) is 0 Å². The average molecular weight is 320 g/mol. The number of nitriles is 1. The number of nitrogens with one attached hydrogen (secondary N) is 1. The van der Waals surface area contributed by atoms with Crippen LogP contribution in [0.2, 0.25) is 0 Å². The van der Waals surface area contributed by atoms with Gasteiger partial charge < -0.3 is 5.32 Å². The summed E-state index contributed by atoms with van der Waals surface area (Å²) in [6.07, 6.45) is 1.20. The van der Waals surface area contributed by atoms with Gasteiger partial charge in [-0.25, -0.2) is 4.39 Å². The minimum Gasteiger partial charge on any atom is -0.376 e. The maximum atomic E-state index is 12.8. The van der Waals surface area contributed by atoms with E-state index >= 15 is 0 Å². The molecule has 2 rings (SSSR count). The van der Waals surface area contributed by atoms with E-state index in [1.807, 2.05) is 13.0 Å². The number of rotatable bonds is 3. The summed E-state index contributed by atoms with van der Waals surface area (Å²) < 4.78 is 13.6. The summed E-state index contributed by atoms with van der Waals surface area (Å²) in [4.78, 5) is 4.03. The molecule has 2 aromatic rings. The maximum Gasteiger partial charge on any atom is 0.141 e. The molecule has 0 aliphatic rings. The monoisotopic (exact) mass is 319 g/mol. The molecule has 3 nitrogen and oxygen atoms in total. The maximum absolute atomic E-state index is 12.8. The van der Waals surface area contributed by atoms with Crippen molar-refractivity contribution >= 4 is 21.6 Å². The van der Waals surface area contributed by atoms with Gasteiger partial charge in [0.15, 0.2) is 0 Å². The third kappa shape index (κ3) is 3.30. The van der Waals surface area contributed by atoms with Crippen LogP contribution < -0.4 is 5.32 Å². The zero-order valence-corrected chi connectivity index (χ0v) is 11.8. The highest BCUT2D eigenvalue weighted by Gasteiger charge is 2.09. The summed E-state index contributed by atoms with van der Waals surface area (Å²) >= 11 is 3.41. The van der Waals surface area contributed by atoms with Crippen LogP contribution in [0.4, 0.5) is 10.1 Å². The molecule has 1 unspecified atom stereocenters. The Kier molecular flexibility index (Phi) is 4.13. The molecule has 1 aromatic carbocycles. The molecule has 96 valence electrons. The minimum absolute atomic E-state index is 0.0650. The first-order valence-electron chi connectivity index (χ1n) is 5.68. The van der Waals surface area contributed by atoms with Crippen LogP contribution in [0.15, 0.2) is 41.0 Å². The summed E-state index contributed by atoms with van der Waals surface area (Å²) in [7, 11) is 0. The van der Waals surface area contributed by atoms with Gasteiger partial charge in [-0.05, 0) is 53.2 Å². The summed E-state index contributed by atoms with van der Waals surface area (Å²) in [6.45, 7) is 1.94. The average Bonchev–Trinajstić information content (AvgIpc) is 2.41. The van der Waals surface area contributed by atoms with Gasteiger partial charge in [0.2, 0.25) is 0 Å². The van der Waals surface area contributed by atoms with Gasteiger partial charge in [-0.15, -0.1) is 0 Å². The predicted octanol–water partition coefficient (Wildman–Crippen LogP) is 4.03. The van der Waals surface area contributed by atoms with E-state index in [9.17, 15) is 4.39 Å². The zero-order valence-electron chi connectivity index (χ0n) is 10.2. The van der Waals surface area contributed by atoms with Gasteiger partial charge in [-0.3, -0.25) is 4.98 Å². The number of hydrogen-bond acceptors (Lipinski definition) is 3. The quantitative estimate of drug-likeness (QED) is 0.929. The predicted molar refractivity (Wildman–Crippen MR) is 75.1 cm³/mol. The third-order valence-corrected chi connectivity index (χ3v) is 3.32. The van der Waals surface area contributed by atoms with Gasteiger partial charge in [-0.1, -0.05) is 0 Å². The van der Waals surface area contributed by atoms with Crippen molar-refractivity contribution in [3.05, 3.63) is 58.1 Å². The Morgan fingerprint density at radius 3 is 2.74 bits per heavy atom. The summed E-state index contributed by atoms with van der Waals surface area (Å²) in [6, 6.07) is 10.3. The van der Waals surface area contributed by atoms with E-state index in [0.29, 0.717) is 5.56 Å². The molecule has 1 N–H and O–H groups in total. The molecule has 0 bridgehead atoms. The van der Waals surface area contributed by atoms with Crippen LogP contribution in [-0.4, -0.2) is 4.98 Å². The molecule has 0 fully saturated rings. The number of nitrogens with zero attached hydrogens (tertiary/aromatic N) is 2. The molecule has 1 atom stereocenters. The number of anilines is 1. The van der Waals surface area contributed by atoms with Crippen molar-refractivity contribution in [1.82, 2.24) is 4.98 Å². The smallest absolute Gasteiger partial charge is 0.141 e. The molecule has 1 aromatic heterocycles. The van der Waals surface area contributed by atoms with Gasteiger partial charge >= 0.3 is 0 Å². The van der Waals surface area contributed by atoms with Crippen LogP contribution in [0, 0.1) is 17.1 Å². The van der Waals surface area contributed by atoms with E-state index in [2.05, 4.69) is 32.3 Å². The normalized spacial score (nSPS) is 11.7. The van der Waals surface area contributed by atoms with Crippen LogP contribution in [0.3, 0.4) is 0 Å². The second kappa shape index (κ2) is 5.81. The molecule has 0 aliphatic carbocycles. The Morgan fingerprint density at radius 2 is 2.16 bits per heavy atom. The van der Waals surface area contributed by atoms with Crippen molar-refractivity contribution in [2.75, 3.05) is 5.32 Å². The highest BCUT2D eigenvalue weighted by Crippen LogP contribution is 2.27. The van der Waals surface area contributed by atoms with Crippen molar-refractivity contribution in [1.29, 1.82) is 5.26 Å². The molecule has 0 aliphatic heterocycles. The molecule has 0 amide bonds. The van der Waals surface area contributed by atoms with E-state index in [0.717, 1.165) is 15.9 Å². The van der Waals surface area contributed by atoms with Crippen LogP contribution >= 0.6 is 15.9 Å². The minimum atomic E-state index is -0.351. The number of pyridine rings is 1. The molecule has 0 spiro atoms. The van der Waals surface area contributed by atoms with E-state index < -0.39 is 0 Å². The standard InChI is InChI=1S/C14H11BrFN3/c1-9(13-5-3-11(16)8-18-13)19-14-4-2-10(7-17)6-12(14)15/h2-6,8-9,19H,1H3. The number of halogens is 2. The Bertz CT molecular complexity index is 620. The van der Waals surface area contributed by atoms with Gasteiger partial charge in [0.05, 0.1) is 29.6 Å². The van der Waals surface area contributed by atoms with Crippen LogP contribution in [0.25, 0.3) is 0 Å². The lowest BCUT2D eigenvalue weighted by Gasteiger charge is -2.16. The van der Waals surface area contributed by atoms with Crippen molar-refractivity contribution in [2.24, 2.45) is 0 Å². The molecule has 5 heteroatoms. The lowest BCUT2D eigenvalue weighted by atomic mass is 10.1. The summed E-state index contributed by atoms with van der Waals surface area (Å²) in [5, 5.41) is 12.1. The molecular formula is C14H11BrFN3. The fourth-order valence-electron chi connectivity index (χ4n) is 1.65. The topological polar surface area (TPSA) is 48.7 Å². The van der Waals surface area contributed by atoms with Gasteiger partial charge in [-0.2, -0.15) is 5.26 Å². The summed E-state index contributed by atoms with van der Waals surface area (Å²) in [5.74, 6) is -0.351. The van der Waals surface area contributed by atoms with E-state index in [4.69, 9.17) is 5.26 Å². The van der Waals surface area contributed by atoms with Gasteiger partial charge in [0, 0.05) is 10.2 Å². The lowest BCUT2D eigenvalue weighted by molar-refractivity contribution is 0.617. The summed E-state index contributed by atoms with van der Waals surface area (Å²) in [5.41, 5.74) is 2.19. The molecule has 0 saturated heterocycles. The van der Waals surface area contributed by atoms with Crippen molar-refractivity contribution in [3.8, 4) is 6.07 Å². The Balaban J connectivity index is 2.17. The van der Waals surface area contributed by atoms with E-state index in [1.54, 1.807) is 18.2 Å². The van der Waals surface area contributed by atoms with Crippen LogP contribution in [-0.2, 0) is 0 Å². The Morgan fingerprint density at radius 1 is 1.37 bits per heavy atom. The highest BCUT2D eigenvalue weighted by molar-refractivity contribution is 9.10. The van der Waals surface area contributed by atoms with Crippen LogP contribution in [0.5, 0.6) is 0 Å². The Hall–Kier alpha value is -1.93. The number of aromatic nitrogens is 1. The van der Waals surface area contributed by atoms with Gasteiger partial charge in [0.1, 0.15) is 5.82 Å². The fraction of sp³-hybridized carbons (Fsp3) is 0.143. The first kappa shape index (κ1) is 13.5. The zero-order chi connectivity index (χ0) is 13.8. The fourth-order valence-corrected chi connectivity index (χ4v) is 2.15. The first-order chi connectivity index (χ1) is 9.10.